The molecule has 2 saturated heterocycles. The van der Waals surface area contributed by atoms with E-state index in [1.165, 1.54) is 4.31 Å². The van der Waals surface area contributed by atoms with E-state index in [-0.39, 0.29) is 5.92 Å². The lowest BCUT2D eigenvalue weighted by atomic mass is 10.1. The van der Waals surface area contributed by atoms with Gasteiger partial charge in [-0.2, -0.15) is 17.0 Å². The predicted molar refractivity (Wildman–Crippen MR) is 81.7 cm³/mol. The topological polar surface area (TPSA) is 75.6 Å². The standard InChI is InChI=1S/C14H22N4O3S/c1-11-9-12(2)16-14(15-11)13-3-4-18(10-13)22(19,20)17-5-7-21-8-6-17/h9,13H,3-8,10H2,1-2H3. The van der Waals surface area contributed by atoms with Gasteiger partial charge in [-0.25, -0.2) is 9.97 Å². The van der Waals surface area contributed by atoms with E-state index in [1.54, 1.807) is 4.31 Å². The third kappa shape index (κ3) is 3.15. The molecule has 1 aromatic heterocycles. The van der Waals surface area contributed by atoms with Crippen molar-refractivity contribution in [2.45, 2.75) is 26.2 Å². The van der Waals surface area contributed by atoms with Gasteiger partial charge in [0.25, 0.3) is 10.2 Å². The molecule has 2 fully saturated rings. The molecule has 0 radical (unpaired) electrons. The third-order valence-corrected chi connectivity index (χ3v) is 6.14. The molecule has 0 amide bonds. The number of nitrogens with zero attached hydrogens (tertiary/aromatic N) is 4. The molecule has 8 heteroatoms. The van der Waals surface area contributed by atoms with Gasteiger partial charge < -0.3 is 4.74 Å². The van der Waals surface area contributed by atoms with Crippen LogP contribution in [0.25, 0.3) is 0 Å². The summed E-state index contributed by atoms with van der Waals surface area (Å²) in [6, 6.07) is 1.93. The maximum atomic E-state index is 12.7. The van der Waals surface area contributed by atoms with E-state index >= 15 is 0 Å². The zero-order valence-corrected chi connectivity index (χ0v) is 13.8. The van der Waals surface area contributed by atoms with E-state index in [1.807, 2.05) is 19.9 Å². The van der Waals surface area contributed by atoms with Crippen LogP contribution in [0.15, 0.2) is 6.07 Å². The first-order valence-electron chi connectivity index (χ1n) is 7.62. The summed E-state index contributed by atoms with van der Waals surface area (Å²) in [5.41, 5.74) is 1.86. The van der Waals surface area contributed by atoms with E-state index in [0.29, 0.717) is 39.4 Å². The van der Waals surface area contributed by atoms with Crippen molar-refractivity contribution in [3.63, 3.8) is 0 Å². The van der Waals surface area contributed by atoms with Crippen LogP contribution in [-0.2, 0) is 14.9 Å². The average molecular weight is 326 g/mol. The van der Waals surface area contributed by atoms with E-state index in [9.17, 15) is 8.42 Å². The van der Waals surface area contributed by atoms with Crippen molar-refractivity contribution in [3.05, 3.63) is 23.3 Å². The highest BCUT2D eigenvalue weighted by Gasteiger charge is 2.37. The van der Waals surface area contributed by atoms with Crippen LogP contribution in [0.2, 0.25) is 0 Å². The fourth-order valence-electron chi connectivity index (χ4n) is 3.02. The molecule has 3 heterocycles. The summed E-state index contributed by atoms with van der Waals surface area (Å²) in [7, 11) is -3.39. The van der Waals surface area contributed by atoms with Crippen LogP contribution in [0.4, 0.5) is 0 Å². The first-order valence-corrected chi connectivity index (χ1v) is 9.01. The SMILES string of the molecule is Cc1cc(C)nc(C2CCN(S(=O)(=O)N3CCOCC3)C2)n1. The van der Waals surface area contributed by atoms with Gasteiger partial charge in [-0.15, -0.1) is 0 Å². The Labute approximate surface area is 131 Å². The molecule has 0 bridgehead atoms. The largest absolute Gasteiger partial charge is 0.379 e. The van der Waals surface area contributed by atoms with Gasteiger partial charge >= 0.3 is 0 Å². The molecule has 22 heavy (non-hydrogen) atoms. The highest BCUT2D eigenvalue weighted by molar-refractivity contribution is 7.86. The molecule has 3 rings (SSSR count). The fraction of sp³-hybridized carbons (Fsp3) is 0.714. The number of hydrogen-bond donors (Lipinski definition) is 0. The Balaban J connectivity index is 1.74. The number of aryl methyl sites for hydroxylation is 2. The maximum Gasteiger partial charge on any atom is 0.282 e. The number of rotatable bonds is 3. The lowest BCUT2D eigenvalue weighted by molar-refractivity contribution is 0.0705. The smallest absolute Gasteiger partial charge is 0.282 e. The van der Waals surface area contributed by atoms with Gasteiger partial charge in [0.15, 0.2) is 0 Å². The van der Waals surface area contributed by atoms with Crippen molar-refractivity contribution >= 4 is 10.2 Å². The summed E-state index contributed by atoms with van der Waals surface area (Å²) in [5.74, 6) is 0.839. The average Bonchev–Trinajstić information content (AvgIpc) is 2.98. The van der Waals surface area contributed by atoms with Crippen LogP contribution in [0.3, 0.4) is 0 Å². The Kier molecular flexibility index (Phi) is 4.44. The Morgan fingerprint density at radius 1 is 1.09 bits per heavy atom. The fourth-order valence-corrected chi connectivity index (χ4v) is 4.67. The Bertz CT molecular complexity index is 623. The third-order valence-electron chi connectivity index (χ3n) is 4.14. The first-order chi connectivity index (χ1) is 10.5. The Morgan fingerprint density at radius 3 is 2.36 bits per heavy atom. The highest BCUT2D eigenvalue weighted by Crippen LogP contribution is 2.28. The number of hydrogen-bond acceptors (Lipinski definition) is 5. The van der Waals surface area contributed by atoms with Gasteiger partial charge in [-0.05, 0) is 26.3 Å². The van der Waals surface area contributed by atoms with Crippen LogP contribution in [0.5, 0.6) is 0 Å². The summed E-state index contributed by atoms with van der Waals surface area (Å²) >= 11 is 0. The second-order valence-electron chi connectivity index (χ2n) is 5.87. The normalized spacial score (nSPS) is 24.7. The van der Waals surface area contributed by atoms with Gasteiger partial charge in [0, 0.05) is 43.5 Å². The zero-order chi connectivity index (χ0) is 15.7. The molecule has 122 valence electrons. The molecule has 1 atom stereocenters. The number of aromatic nitrogens is 2. The van der Waals surface area contributed by atoms with Crippen molar-refractivity contribution in [2.24, 2.45) is 0 Å². The molecule has 0 N–H and O–H groups in total. The van der Waals surface area contributed by atoms with Gasteiger partial charge in [0.05, 0.1) is 13.2 Å². The molecule has 1 aromatic rings. The highest BCUT2D eigenvalue weighted by atomic mass is 32.2. The predicted octanol–water partition coefficient (Wildman–Crippen LogP) is 0.460. The van der Waals surface area contributed by atoms with Crippen LogP contribution >= 0.6 is 0 Å². The van der Waals surface area contributed by atoms with Crippen LogP contribution < -0.4 is 0 Å². The van der Waals surface area contributed by atoms with Gasteiger partial charge in [0.2, 0.25) is 0 Å². The van der Waals surface area contributed by atoms with Crippen molar-refractivity contribution in [3.8, 4) is 0 Å². The summed E-state index contributed by atoms with van der Waals surface area (Å²) in [4.78, 5) is 8.96. The summed E-state index contributed by atoms with van der Waals surface area (Å²) in [5, 5.41) is 0. The number of ether oxygens (including phenoxy) is 1. The Hall–Kier alpha value is -1.09. The minimum absolute atomic E-state index is 0.0782. The summed E-state index contributed by atoms with van der Waals surface area (Å²) < 4.78 is 33.6. The summed E-state index contributed by atoms with van der Waals surface area (Å²) in [6.45, 7) is 6.68. The second kappa shape index (κ2) is 6.19. The van der Waals surface area contributed by atoms with Crippen molar-refractivity contribution in [2.75, 3.05) is 39.4 Å². The van der Waals surface area contributed by atoms with E-state index in [4.69, 9.17) is 4.74 Å². The van der Waals surface area contributed by atoms with Gasteiger partial charge in [-0.3, -0.25) is 0 Å². The molecule has 0 aliphatic carbocycles. The molecule has 1 unspecified atom stereocenters. The minimum atomic E-state index is -3.39. The van der Waals surface area contributed by atoms with Crippen molar-refractivity contribution in [1.82, 2.24) is 18.6 Å². The monoisotopic (exact) mass is 326 g/mol. The maximum absolute atomic E-state index is 12.7. The lowest BCUT2D eigenvalue weighted by Crippen LogP contribution is -2.47. The molecule has 7 nitrogen and oxygen atoms in total. The van der Waals surface area contributed by atoms with E-state index in [0.717, 1.165) is 23.6 Å². The molecule has 0 aromatic carbocycles. The molecule has 2 aliphatic heterocycles. The van der Waals surface area contributed by atoms with Gasteiger partial charge in [-0.1, -0.05) is 0 Å². The molecule has 0 spiro atoms. The van der Waals surface area contributed by atoms with Crippen LogP contribution in [0.1, 0.15) is 29.6 Å². The van der Waals surface area contributed by atoms with Crippen LogP contribution in [0, 0.1) is 13.8 Å². The molecular weight excluding hydrogens is 304 g/mol. The van der Waals surface area contributed by atoms with E-state index < -0.39 is 10.2 Å². The number of morpholine rings is 1. The van der Waals surface area contributed by atoms with Crippen molar-refractivity contribution < 1.29 is 13.2 Å². The summed E-state index contributed by atoms with van der Waals surface area (Å²) in [6.07, 6.45) is 0.770. The van der Waals surface area contributed by atoms with E-state index in [2.05, 4.69) is 9.97 Å². The molecular formula is C14H22N4O3S. The zero-order valence-electron chi connectivity index (χ0n) is 13.0. The van der Waals surface area contributed by atoms with Crippen LogP contribution in [-0.4, -0.2) is 66.4 Å². The second-order valence-corrected chi connectivity index (χ2v) is 7.80. The first kappa shape index (κ1) is 15.8. The lowest BCUT2D eigenvalue weighted by Gasteiger charge is -2.30. The Morgan fingerprint density at radius 2 is 1.73 bits per heavy atom. The quantitative estimate of drug-likeness (QED) is 0.806. The van der Waals surface area contributed by atoms with Crippen molar-refractivity contribution in [1.29, 1.82) is 0 Å². The molecule has 0 saturated carbocycles. The van der Waals surface area contributed by atoms with Gasteiger partial charge in [0.1, 0.15) is 5.82 Å². The minimum Gasteiger partial charge on any atom is -0.379 e. The molecule has 2 aliphatic rings.